The molecule has 2 aromatic heterocycles. The van der Waals surface area contributed by atoms with E-state index in [0.29, 0.717) is 22.4 Å². The molecule has 0 aliphatic carbocycles. The van der Waals surface area contributed by atoms with Crippen LogP contribution in [0.1, 0.15) is 5.56 Å². The Labute approximate surface area is 166 Å². The number of rotatable bonds is 5. The number of pyridine rings is 1. The lowest BCUT2D eigenvalue weighted by Crippen LogP contribution is -2.22. The number of benzene rings is 2. The highest BCUT2D eigenvalue weighted by atomic mass is 35.5. The highest BCUT2D eigenvalue weighted by molar-refractivity contribution is 6.42. The summed E-state index contributed by atoms with van der Waals surface area (Å²) in [6.07, 6.45) is 2.71. The van der Waals surface area contributed by atoms with Crippen LogP contribution < -0.4 is 4.90 Å². The number of amides is 1. The second-order valence-corrected chi connectivity index (χ2v) is 6.88. The summed E-state index contributed by atoms with van der Waals surface area (Å²) in [4.78, 5) is 18.4. The summed E-state index contributed by atoms with van der Waals surface area (Å²) in [6, 6.07) is 20.9. The zero-order chi connectivity index (χ0) is 18.8. The summed E-state index contributed by atoms with van der Waals surface area (Å²) >= 11 is 12.1. The van der Waals surface area contributed by atoms with E-state index in [4.69, 9.17) is 28.2 Å². The lowest BCUT2D eigenvalue weighted by Gasteiger charge is -2.19. The molecule has 0 N–H and O–H groups in total. The Morgan fingerprint density at radius 3 is 2.48 bits per heavy atom. The lowest BCUT2D eigenvalue weighted by molar-refractivity contribution is -0.107. The Morgan fingerprint density at radius 2 is 1.74 bits per heavy atom. The quantitative estimate of drug-likeness (QED) is 0.420. The van der Waals surface area contributed by atoms with E-state index in [0.717, 1.165) is 28.9 Å². The largest absolute Gasteiger partial charge is 0.294 e. The standard InChI is InChI=1S/C21H15Cl2N3O/c22-17-10-9-15(12-18(17)23)13-25(14-27)21-20(16-6-2-1-3-7-16)24-19-8-4-5-11-26(19)21/h1-12,14H,13H2. The van der Waals surface area contributed by atoms with E-state index >= 15 is 0 Å². The van der Waals surface area contributed by atoms with E-state index in [-0.39, 0.29) is 0 Å². The Morgan fingerprint density at radius 1 is 0.963 bits per heavy atom. The van der Waals surface area contributed by atoms with Crippen molar-refractivity contribution in [2.75, 3.05) is 4.90 Å². The van der Waals surface area contributed by atoms with Crippen LogP contribution in [-0.2, 0) is 11.3 Å². The van der Waals surface area contributed by atoms with Gasteiger partial charge in [-0.3, -0.25) is 14.1 Å². The highest BCUT2D eigenvalue weighted by Gasteiger charge is 2.20. The van der Waals surface area contributed by atoms with Crippen LogP contribution in [0.15, 0.2) is 72.9 Å². The molecule has 0 aliphatic heterocycles. The van der Waals surface area contributed by atoms with Crippen molar-refractivity contribution in [2.45, 2.75) is 6.54 Å². The number of halogens is 2. The van der Waals surface area contributed by atoms with Gasteiger partial charge in [-0.2, -0.15) is 0 Å². The summed E-state index contributed by atoms with van der Waals surface area (Å²) in [7, 11) is 0. The first-order valence-electron chi connectivity index (χ1n) is 8.36. The molecule has 1 amide bonds. The first kappa shape index (κ1) is 17.6. The van der Waals surface area contributed by atoms with Crippen molar-refractivity contribution in [3.63, 3.8) is 0 Å². The Kier molecular flexibility index (Phi) is 4.84. The molecule has 0 radical (unpaired) electrons. The fourth-order valence-corrected chi connectivity index (χ4v) is 3.36. The summed E-state index contributed by atoms with van der Waals surface area (Å²) < 4.78 is 1.91. The van der Waals surface area contributed by atoms with Gasteiger partial charge in [0, 0.05) is 11.8 Å². The Bertz CT molecular complexity index is 1110. The third kappa shape index (κ3) is 3.42. The summed E-state index contributed by atoms with van der Waals surface area (Å²) in [5.41, 5.74) is 3.33. The van der Waals surface area contributed by atoms with Crippen molar-refractivity contribution in [3.8, 4) is 11.3 Å². The van der Waals surface area contributed by atoms with Crippen LogP contribution in [0.4, 0.5) is 5.82 Å². The van der Waals surface area contributed by atoms with Gasteiger partial charge in [-0.15, -0.1) is 0 Å². The number of hydrogen-bond donors (Lipinski definition) is 0. The van der Waals surface area contributed by atoms with Crippen LogP contribution in [-0.4, -0.2) is 15.8 Å². The maximum atomic E-state index is 12.0. The lowest BCUT2D eigenvalue weighted by atomic mass is 10.1. The van der Waals surface area contributed by atoms with Gasteiger partial charge in [0.05, 0.1) is 16.6 Å². The number of nitrogens with zero attached hydrogens (tertiary/aromatic N) is 3. The van der Waals surface area contributed by atoms with Crippen molar-refractivity contribution < 1.29 is 4.79 Å². The van der Waals surface area contributed by atoms with Gasteiger partial charge in [-0.05, 0) is 29.8 Å². The van der Waals surface area contributed by atoms with E-state index < -0.39 is 0 Å². The molecule has 4 rings (SSSR count). The molecular formula is C21H15Cl2N3O. The van der Waals surface area contributed by atoms with Gasteiger partial charge in [-0.25, -0.2) is 4.98 Å². The van der Waals surface area contributed by atoms with Crippen molar-refractivity contribution in [1.82, 2.24) is 9.38 Å². The molecule has 0 saturated carbocycles. The average Bonchev–Trinajstić information content (AvgIpc) is 3.09. The molecule has 0 fully saturated rings. The Hall–Kier alpha value is -2.82. The summed E-state index contributed by atoms with van der Waals surface area (Å²) in [5, 5.41) is 0.944. The van der Waals surface area contributed by atoms with E-state index in [1.807, 2.05) is 65.2 Å². The average molecular weight is 396 g/mol. The molecule has 2 aromatic carbocycles. The number of fused-ring (bicyclic) bond motifs is 1. The second kappa shape index (κ2) is 7.43. The zero-order valence-electron chi connectivity index (χ0n) is 14.2. The Balaban J connectivity index is 1.84. The van der Waals surface area contributed by atoms with Crippen LogP contribution in [0.3, 0.4) is 0 Å². The number of anilines is 1. The minimum Gasteiger partial charge on any atom is -0.294 e. The van der Waals surface area contributed by atoms with E-state index in [9.17, 15) is 4.79 Å². The zero-order valence-corrected chi connectivity index (χ0v) is 15.7. The highest BCUT2D eigenvalue weighted by Crippen LogP contribution is 2.32. The summed E-state index contributed by atoms with van der Waals surface area (Å²) in [6.45, 7) is 0.350. The van der Waals surface area contributed by atoms with Gasteiger partial charge in [0.15, 0.2) is 0 Å². The fraction of sp³-hybridized carbons (Fsp3) is 0.0476. The van der Waals surface area contributed by atoms with Crippen LogP contribution in [0, 0.1) is 0 Å². The fourth-order valence-electron chi connectivity index (χ4n) is 3.04. The van der Waals surface area contributed by atoms with Gasteiger partial charge < -0.3 is 0 Å². The topological polar surface area (TPSA) is 37.6 Å². The molecule has 4 aromatic rings. The molecule has 0 spiro atoms. The van der Waals surface area contributed by atoms with Crippen molar-refractivity contribution >= 4 is 41.1 Å². The SMILES string of the molecule is O=CN(Cc1ccc(Cl)c(Cl)c1)c1c(-c2ccccc2)nc2ccccn12. The van der Waals surface area contributed by atoms with Crippen molar-refractivity contribution in [3.05, 3.63) is 88.5 Å². The predicted octanol–water partition coefficient (Wildman–Crippen LogP) is 5.47. The molecule has 0 saturated heterocycles. The minimum absolute atomic E-state index is 0.350. The molecule has 0 aliphatic rings. The minimum atomic E-state index is 0.350. The molecule has 27 heavy (non-hydrogen) atoms. The number of hydrogen-bond acceptors (Lipinski definition) is 2. The second-order valence-electron chi connectivity index (χ2n) is 6.06. The molecule has 134 valence electrons. The predicted molar refractivity (Wildman–Crippen MR) is 109 cm³/mol. The molecule has 4 nitrogen and oxygen atoms in total. The van der Waals surface area contributed by atoms with E-state index in [2.05, 4.69) is 0 Å². The molecule has 6 heteroatoms. The number of carbonyl (C=O) groups excluding carboxylic acids is 1. The van der Waals surface area contributed by atoms with Gasteiger partial charge >= 0.3 is 0 Å². The summed E-state index contributed by atoms with van der Waals surface area (Å²) in [5.74, 6) is 0.706. The number of carbonyl (C=O) groups is 1. The number of imidazole rings is 1. The molecule has 0 unspecified atom stereocenters. The number of aromatic nitrogens is 2. The maximum Gasteiger partial charge on any atom is 0.215 e. The van der Waals surface area contributed by atoms with Crippen molar-refractivity contribution in [1.29, 1.82) is 0 Å². The first-order valence-corrected chi connectivity index (χ1v) is 9.11. The molecule has 0 atom stereocenters. The van der Waals surface area contributed by atoms with Gasteiger partial charge in [-0.1, -0.05) is 65.7 Å². The molecule has 2 heterocycles. The molecular weight excluding hydrogens is 381 g/mol. The monoisotopic (exact) mass is 395 g/mol. The van der Waals surface area contributed by atoms with Crippen LogP contribution in [0.2, 0.25) is 10.0 Å². The molecule has 0 bridgehead atoms. The smallest absolute Gasteiger partial charge is 0.215 e. The third-order valence-corrected chi connectivity index (χ3v) is 5.03. The van der Waals surface area contributed by atoms with E-state index in [1.54, 1.807) is 17.0 Å². The van der Waals surface area contributed by atoms with Gasteiger partial charge in [0.25, 0.3) is 0 Å². The van der Waals surface area contributed by atoms with Gasteiger partial charge in [0.2, 0.25) is 6.41 Å². The maximum absolute atomic E-state index is 12.0. The van der Waals surface area contributed by atoms with E-state index in [1.165, 1.54) is 0 Å². The van der Waals surface area contributed by atoms with Gasteiger partial charge in [0.1, 0.15) is 17.2 Å². The van der Waals surface area contributed by atoms with Crippen LogP contribution in [0.25, 0.3) is 16.9 Å². The van der Waals surface area contributed by atoms with Crippen LogP contribution in [0.5, 0.6) is 0 Å². The first-order chi connectivity index (χ1) is 13.2. The van der Waals surface area contributed by atoms with Crippen LogP contribution >= 0.6 is 23.2 Å². The normalized spacial score (nSPS) is 10.9. The van der Waals surface area contributed by atoms with Crippen molar-refractivity contribution in [2.24, 2.45) is 0 Å². The third-order valence-electron chi connectivity index (χ3n) is 4.29.